The molecule has 0 bridgehead atoms. The van der Waals surface area contributed by atoms with E-state index in [1.165, 1.54) is 49.1 Å². The van der Waals surface area contributed by atoms with Crippen LogP contribution in [-0.4, -0.2) is 71.4 Å². The van der Waals surface area contributed by atoms with E-state index in [-0.39, 0.29) is 29.8 Å². The fraction of sp³-hybridized carbons (Fsp3) is 0.469. The molecule has 5 heterocycles. The molecule has 2 atom stereocenters. The Bertz CT molecular complexity index is 1540. The normalized spacial score (nSPS) is 21.9. The highest BCUT2D eigenvalue weighted by Crippen LogP contribution is 2.40. The fourth-order valence-corrected chi connectivity index (χ4v) is 6.74. The van der Waals surface area contributed by atoms with Crippen LogP contribution in [0.4, 0.5) is 20.3 Å². The maximum Gasteiger partial charge on any atom is 0.318 e. The number of benzene rings is 2. The predicted octanol–water partition coefficient (Wildman–Crippen LogP) is 5.20. The zero-order valence-electron chi connectivity index (χ0n) is 23.8. The van der Waals surface area contributed by atoms with Gasteiger partial charge in [-0.3, -0.25) is 9.69 Å². The van der Waals surface area contributed by atoms with Crippen LogP contribution in [0.5, 0.6) is 11.8 Å². The lowest BCUT2D eigenvalue weighted by atomic mass is 10.0. The van der Waals surface area contributed by atoms with Crippen LogP contribution in [0.2, 0.25) is 0 Å². The average Bonchev–Trinajstić information content (AvgIpc) is 3.58. The van der Waals surface area contributed by atoms with Crippen molar-refractivity contribution in [1.82, 2.24) is 14.9 Å². The number of carbonyl (C=O) groups excluding carboxylic acids is 1. The lowest BCUT2D eigenvalue weighted by molar-refractivity contribution is 0.0997. The van der Waals surface area contributed by atoms with Gasteiger partial charge in [0.1, 0.15) is 29.1 Å². The van der Waals surface area contributed by atoms with Gasteiger partial charge in [-0.05, 0) is 56.2 Å². The molecule has 3 fully saturated rings. The molecule has 7 rings (SSSR count). The SMILES string of the molecule is C#Cc1c(F)ccc2cc(O)cc(N3Cc4nc(OC)nc(N5CCCCCC5)c4C3=O)c12.FC1CC2CCCN2C1. The number of ether oxygens (including phenoxy) is 1. The summed E-state index contributed by atoms with van der Waals surface area (Å²) in [6.45, 7) is 3.57. The van der Waals surface area contributed by atoms with Crippen LogP contribution in [-0.2, 0) is 6.54 Å². The topological polar surface area (TPSA) is 82.0 Å². The number of anilines is 2. The Hall–Kier alpha value is -3.97. The Balaban J connectivity index is 0.000000296. The number of hydrogen-bond acceptors (Lipinski definition) is 7. The summed E-state index contributed by atoms with van der Waals surface area (Å²) in [6, 6.07) is 6.53. The second-order valence-corrected chi connectivity index (χ2v) is 11.4. The van der Waals surface area contributed by atoms with E-state index in [2.05, 4.69) is 25.7 Å². The lowest BCUT2D eigenvalue weighted by Crippen LogP contribution is -2.29. The number of alkyl halides is 1. The number of aromatic hydroxyl groups is 1. The summed E-state index contributed by atoms with van der Waals surface area (Å²) in [7, 11) is 1.49. The van der Waals surface area contributed by atoms with Crippen LogP contribution >= 0.6 is 0 Å². The van der Waals surface area contributed by atoms with Crippen molar-refractivity contribution in [3.05, 3.63) is 46.9 Å². The zero-order valence-corrected chi connectivity index (χ0v) is 23.8. The number of hydrogen-bond donors (Lipinski definition) is 1. The number of phenolic OH excluding ortho intramolecular Hbond substituents is 1. The third kappa shape index (κ3) is 5.22. The summed E-state index contributed by atoms with van der Waals surface area (Å²) < 4.78 is 32.5. The van der Waals surface area contributed by atoms with E-state index in [0.29, 0.717) is 46.1 Å². The summed E-state index contributed by atoms with van der Waals surface area (Å²) in [6.07, 6.45) is 12.7. The van der Waals surface area contributed by atoms with E-state index in [9.17, 15) is 18.7 Å². The lowest BCUT2D eigenvalue weighted by Gasteiger charge is -2.24. The number of fused-ring (bicyclic) bond motifs is 3. The van der Waals surface area contributed by atoms with E-state index in [1.54, 1.807) is 0 Å². The van der Waals surface area contributed by atoms with Crippen molar-refractivity contribution >= 4 is 28.2 Å². The second kappa shape index (κ2) is 11.7. The molecule has 3 aromatic rings. The van der Waals surface area contributed by atoms with Gasteiger partial charge in [0.25, 0.3) is 5.91 Å². The number of amides is 1. The fourth-order valence-electron chi connectivity index (χ4n) is 6.74. The minimum Gasteiger partial charge on any atom is -0.508 e. The van der Waals surface area contributed by atoms with Crippen LogP contribution in [0.1, 0.15) is 66.6 Å². The minimum atomic E-state index is -0.562. The quantitative estimate of drug-likeness (QED) is 0.430. The van der Waals surface area contributed by atoms with Crippen molar-refractivity contribution in [3.8, 4) is 24.1 Å². The number of terminal acetylenes is 1. The van der Waals surface area contributed by atoms with Crippen molar-refractivity contribution in [2.24, 2.45) is 0 Å². The van der Waals surface area contributed by atoms with Crippen molar-refractivity contribution in [2.75, 3.05) is 43.1 Å². The van der Waals surface area contributed by atoms with Crippen LogP contribution in [0.25, 0.3) is 10.8 Å². The van der Waals surface area contributed by atoms with Crippen LogP contribution in [0.15, 0.2) is 24.3 Å². The maximum absolute atomic E-state index is 14.5. The molecule has 1 aromatic heterocycles. The minimum absolute atomic E-state index is 0.0441. The molecule has 2 aromatic carbocycles. The van der Waals surface area contributed by atoms with E-state index in [1.807, 2.05) is 0 Å². The Morgan fingerprint density at radius 3 is 2.60 bits per heavy atom. The molecule has 3 saturated heterocycles. The zero-order chi connectivity index (χ0) is 29.4. The Kier molecular flexibility index (Phi) is 7.86. The molecule has 220 valence electrons. The Morgan fingerprint density at radius 2 is 1.88 bits per heavy atom. The molecular formula is C32H35F2N5O3. The molecule has 0 saturated carbocycles. The maximum atomic E-state index is 14.5. The summed E-state index contributed by atoms with van der Waals surface area (Å²) in [5.41, 5.74) is 1.32. The Morgan fingerprint density at radius 1 is 1.10 bits per heavy atom. The highest BCUT2D eigenvalue weighted by atomic mass is 19.1. The molecule has 42 heavy (non-hydrogen) atoms. The smallest absolute Gasteiger partial charge is 0.318 e. The molecule has 8 nitrogen and oxygen atoms in total. The second-order valence-electron chi connectivity index (χ2n) is 11.4. The Labute approximate surface area is 244 Å². The van der Waals surface area contributed by atoms with Gasteiger partial charge in [-0.2, -0.15) is 9.97 Å². The largest absolute Gasteiger partial charge is 0.508 e. The first-order valence-corrected chi connectivity index (χ1v) is 14.7. The van der Waals surface area contributed by atoms with E-state index < -0.39 is 12.0 Å². The van der Waals surface area contributed by atoms with Gasteiger partial charge in [0.2, 0.25) is 0 Å². The number of aromatic nitrogens is 2. The number of nitrogens with zero attached hydrogens (tertiary/aromatic N) is 5. The van der Waals surface area contributed by atoms with Gasteiger partial charge < -0.3 is 19.6 Å². The summed E-state index contributed by atoms with van der Waals surface area (Å²) in [4.78, 5) is 28.6. The summed E-state index contributed by atoms with van der Waals surface area (Å²) in [5, 5.41) is 11.3. The van der Waals surface area contributed by atoms with Crippen LogP contribution in [0, 0.1) is 18.2 Å². The first-order valence-electron chi connectivity index (χ1n) is 14.7. The molecule has 4 aliphatic heterocycles. The number of rotatable bonds is 3. The molecule has 2 unspecified atom stereocenters. The van der Waals surface area contributed by atoms with E-state index >= 15 is 0 Å². The molecule has 0 aliphatic carbocycles. The number of methoxy groups -OCH3 is 1. The van der Waals surface area contributed by atoms with Gasteiger partial charge in [-0.25, -0.2) is 8.78 Å². The van der Waals surface area contributed by atoms with E-state index in [4.69, 9.17) is 11.2 Å². The number of carbonyl (C=O) groups is 1. The standard InChI is InChI=1S/C25H23FN4O3.C7H12FN/c1-3-17-18(26)9-8-15-12-16(31)13-20(21(15)17)30-14-19-22(24(30)32)23(28-25(27-19)33-2)29-10-6-4-5-7-11-29;8-6-4-7-2-1-3-9(7)5-6/h1,8-9,12-13,31H,4-7,10-11,14H2,2H3;6-7H,1-5H2. The summed E-state index contributed by atoms with van der Waals surface area (Å²) in [5.74, 6) is 2.02. The molecule has 10 heteroatoms. The van der Waals surface area contributed by atoms with E-state index in [0.717, 1.165) is 51.7 Å². The average molecular weight is 576 g/mol. The summed E-state index contributed by atoms with van der Waals surface area (Å²) >= 11 is 0. The van der Waals surface area contributed by atoms with Crippen molar-refractivity contribution in [2.45, 2.75) is 63.7 Å². The first kappa shape index (κ1) is 28.2. The first-order chi connectivity index (χ1) is 20.4. The highest BCUT2D eigenvalue weighted by molar-refractivity contribution is 6.16. The third-order valence-electron chi connectivity index (χ3n) is 8.72. The van der Waals surface area contributed by atoms with Gasteiger partial charge >= 0.3 is 6.01 Å². The van der Waals surface area contributed by atoms with Crippen molar-refractivity contribution in [1.29, 1.82) is 0 Å². The van der Waals surface area contributed by atoms with Gasteiger partial charge in [0, 0.05) is 37.1 Å². The van der Waals surface area contributed by atoms with Crippen molar-refractivity contribution < 1.29 is 23.4 Å². The number of halogens is 2. The van der Waals surface area contributed by atoms with Gasteiger partial charge in [0.05, 0.1) is 30.6 Å². The van der Waals surface area contributed by atoms with Gasteiger partial charge in [-0.15, -0.1) is 6.42 Å². The molecule has 0 radical (unpaired) electrons. The number of phenols is 1. The van der Waals surface area contributed by atoms with Crippen LogP contribution < -0.4 is 14.5 Å². The molecule has 1 amide bonds. The van der Waals surface area contributed by atoms with Crippen molar-refractivity contribution in [3.63, 3.8) is 0 Å². The molecule has 1 N–H and O–H groups in total. The van der Waals surface area contributed by atoms with Gasteiger partial charge in [-0.1, -0.05) is 24.8 Å². The molecular weight excluding hydrogens is 540 g/mol. The predicted molar refractivity (Wildman–Crippen MR) is 157 cm³/mol. The third-order valence-corrected chi connectivity index (χ3v) is 8.72. The molecule has 4 aliphatic rings. The monoisotopic (exact) mass is 575 g/mol. The molecule has 0 spiro atoms. The van der Waals surface area contributed by atoms with Crippen LogP contribution in [0.3, 0.4) is 0 Å². The van der Waals surface area contributed by atoms with Gasteiger partial charge in [0.15, 0.2) is 0 Å². The highest BCUT2D eigenvalue weighted by Gasteiger charge is 2.37.